The van der Waals surface area contributed by atoms with Gasteiger partial charge in [0.15, 0.2) is 0 Å². The summed E-state index contributed by atoms with van der Waals surface area (Å²) < 4.78 is 42.7. The molecule has 0 radical (unpaired) electrons. The Labute approximate surface area is 98.2 Å². The quantitative estimate of drug-likeness (QED) is 0.785. The second-order valence-electron chi connectivity index (χ2n) is 2.08. The molecule has 1 heterocycles. The smallest absolute Gasteiger partial charge is 0.207 e. The molecule has 0 N–H and O–H groups in total. The zero-order valence-electron chi connectivity index (χ0n) is 6.07. The maximum atomic E-state index is 10.8. The summed E-state index contributed by atoms with van der Waals surface area (Å²) >= 11 is 6.00. The van der Waals surface area contributed by atoms with E-state index in [2.05, 4.69) is 0 Å². The second kappa shape index (κ2) is 3.80. The topological polar surface area (TPSA) is 68.3 Å². The van der Waals surface area contributed by atoms with Crippen molar-refractivity contribution in [1.29, 1.82) is 0 Å². The molecule has 0 aromatic carbocycles. The molecule has 0 spiro atoms. The molecule has 0 aliphatic heterocycles. The summed E-state index contributed by atoms with van der Waals surface area (Å²) in [6.45, 7) is 0. The lowest BCUT2D eigenvalue weighted by Crippen LogP contribution is -1.88. The first-order chi connectivity index (χ1) is 6.12. The number of hydrogen-bond donors (Lipinski definition) is 0. The first kappa shape index (κ1) is 12.5. The molecular formula is C4HCl3O4S3. The summed E-state index contributed by atoms with van der Waals surface area (Å²) in [7, 11) is 1.94. The van der Waals surface area contributed by atoms with Crippen molar-refractivity contribution in [1.82, 2.24) is 0 Å². The van der Waals surface area contributed by atoms with Crippen molar-refractivity contribution in [2.75, 3.05) is 0 Å². The van der Waals surface area contributed by atoms with Crippen LogP contribution in [0.5, 0.6) is 0 Å². The fourth-order valence-electron chi connectivity index (χ4n) is 0.618. The van der Waals surface area contributed by atoms with Gasteiger partial charge in [-0.1, -0.05) is 11.6 Å². The van der Waals surface area contributed by atoms with Gasteiger partial charge in [0.1, 0.15) is 13.4 Å². The third-order valence-corrected chi connectivity index (χ3v) is 6.16. The number of hydrogen-bond acceptors (Lipinski definition) is 5. The van der Waals surface area contributed by atoms with E-state index in [4.69, 9.17) is 33.0 Å². The monoisotopic (exact) mass is 314 g/mol. The van der Waals surface area contributed by atoms with Gasteiger partial charge in [-0.3, -0.25) is 0 Å². The van der Waals surface area contributed by atoms with E-state index in [-0.39, 0.29) is 8.55 Å². The van der Waals surface area contributed by atoms with Crippen LogP contribution >= 0.6 is 44.3 Å². The van der Waals surface area contributed by atoms with E-state index in [0.29, 0.717) is 11.3 Å². The largest absolute Gasteiger partial charge is 0.270 e. The zero-order chi connectivity index (χ0) is 11.1. The molecule has 80 valence electrons. The predicted octanol–water partition coefficient (Wildman–Crippen LogP) is 2.26. The summed E-state index contributed by atoms with van der Waals surface area (Å²) in [5, 5.41) is 0. The summed E-state index contributed by atoms with van der Waals surface area (Å²) in [6.07, 6.45) is 0. The molecule has 1 aromatic rings. The SMILES string of the molecule is O=S(=O)(Cl)c1cc(S(=O)(=O)Cl)c(Cl)s1. The number of rotatable bonds is 2. The molecular weight excluding hydrogens is 315 g/mol. The first-order valence-corrected chi connectivity index (χ1v) is 8.62. The lowest BCUT2D eigenvalue weighted by molar-refractivity contribution is 0.610. The number of thiophene rings is 1. The molecule has 1 rings (SSSR count). The van der Waals surface area contributed by atoms with Crippen molar-refractivity contribution in [3.63, 3.8) is 0 Å². The Morgan fingerprint density at radius 3 is 1.79 bits per heavy atom. The van der Waals surface area contributed by atoms with E-state index in [0.717, 1.165) is 6.07 Å². The fourth-order valence-corrected chi connectivity index (χ4v) is 4.88. The lowest BCUT2D eigenvalue weighted by atomic mass is 10.7. The van der Waals surface area contributed by atoms with Gasteiger partial charge < -0.3 is 0 Å². The Kier molecular flexibility index (Phi) is 3.41. The third kappa shape index (κ3) is 2.74. The highest BCUT2D eigenvalue weighted by Gasteiger charge is 2.23. The molecule has 0 fully saturated rings. The molecule has 0 saturated heterocycles. The van der Waals surface area contributed by atoms with Crippen LogP contribution in [0.2, 0.25) is 4.34 Å². The van der Waals surface area contributed by atoms with Crippen LogP contribution in [0.1, 0.15) is 0 Å². The van der Waals surface area contributed by atoms with Crippen molar-refractivity contribution in [2.24, 2.45) is 0 Å². The van der Waals surface area contributed by atoms with Crippen molar-refractivity contribution >= 4 is 62.4 Å². The molecule has 0 saturated carbocycles. The molecule has 10 heteroatoms. The van der Waals surface area contributed by atoms with Gasteiger partial charge in [-0.25, -0.2) is 16.8 Å². The van der Waals surface area contributed by atoms with Crippen molar-refractivity contribution in [2.45, 2.75) is 9.10 Å². The van der Waals surface area contributed by atoms with Crippen molar-refractivity contribution in [3.8, 4) is 0 Å². The van der Waals surface area contributed by atoms with Crippen LogP contribution in [-0.4, -0.2) is 16.8 Å². The van der Waals surface area contributed by atoms with E-state index in [1.807, 2.05) is 0 Å². The summed E-state index contributed by atoms with van der Waals surface area (Å²) in [4.78, 5) is -0.454. The maximum Gasteiger partial charge on any atom is 0.270 e. The minimum Gasteiger partial charge on any atom is -0.207 e. The standard InChI is InChI=1S/C4HCl3O4S3/c5-4-2(13(6,8)9)1-3(12-4)14(7,10)11/h1H. The summed E-state index contributed by atoms with van der Waals surface area (Å²) in [5.41, 5.74) is 0. The van der Waals surface area contributed by atoms with E-state index >= 15 is 0 Å². The molecule has 0 bridgehead atoms. The number of halogens is 3. The van der Waals surface area contributed by atoms with Crippen LogP contribution in [0.25, 0.3) is 0 Å². The third-order valence-electron chi connectivity index (χ3n) is 1.14. The van der Waals surface area contributed by atoms with E-state index < -0.39 is 23.0 Å². The molecule has 0 atom stereocenters. The average Bonchev–Trinajstić information content (AvgIpc) is 2.27. The van der Waals surface area contributed by atoms with Crippen LogP contribution < -0.4 is 0 Å². The van der Waals surface area contributed by atoms with Crippen LogP contribution in [-0.2, 0) is 18.1 Å². The molecule has 0 amide bonds. The van der Waals surface area contributed by atoms with Crippen molar-refractivity contribution < 1.29 is 16.8 Å². The lowest BCUT2D eigenvalue weighted by Gasteiger charge is -1.88. The van der Waals surface area contributed by atoms with E-state index in [1.165, 1.54) is 0 Å². The normalized spacial score (nSPS) is 13.1. The Morgan fingerprint density at radius 2 is 1.57 bits per heavy atom. The maximum absolute atomic E-state index is 10.8. The molecule has 4 nitrogen and oxygen atoms in total. The Bertz CT molecular complexity index is 555. The van der Waals surface area contributed by atoms with Gasteiger partial charge in [0.25, 0.3) is 18.1 Å². The Balaban J connectivity index is 3.49. The van der Waals surface area contributed by atoms with Gasteiger partial charge in [0, 0.05) is 21.4 Å². The van der Waals surface area contributed by atoms with Crippen LogP contribution in [0.3, 0.4) is 0 Å². The molecule has 14 heavy (non-hydrogen) atoms. The van der Waals surface area contributed by atoms with Crippen molar-refractivity contribution in [3.05, 3.63) is 10.4 Å². The molecule has 1 aromatic heterocycles. The minimum atomic E-state index is -4.05. The van der Waals surface area contributed by atoms with Gasteiger partial charge in [-0.05, 0) is 6.07 Å². The Hall–Kier alpha value is 0.470. The van der Waals surface area contributed by atoms with E-state index in [9.17, 15) is 16.8 Å². The Morgan fingerprint density at radius 1 is 1.07 bits per heavy atom. The van der Waals surface area contributed by atoms with Gasteiger partial charge >= 0.3 is 0 Å². The average molecular weight is 316 g/mol. The van der Waals surface area contributed by atoms with Crippen LogP contribution in [0.15, 0.2) is 15.2 Å². The summed E-state index contributed by atoms with van der Waals surface area (Å²) in [5.74, 6) is 0. The predicted molar refractivity (Wildman–Crippen MR) is 55.4 cm³/mol. The highest BCUT2D eigenvalue weighted by Crippen LogP contribution is 2.36. The fraction of sp³-hybridized carbons (Fsp3) is 0. The minimum absolute atomic E-state index is 0.237. The van der Waals surface area contributed by atoms with Crippen LogP contribution in [0, 0.1) is 0 Å². The second-order valence-corrected chi connectivity index (χ2v) is 9.06. The van der Waals surface area contributed by atoms with Gasteiger partial charge in [-0.2, -0.15) is 0 Å². The van der Waals surface area contributed by atoms with Crippen LogP contribution in [0.4, 0.5) is 0 Å². The molecule has 0 unspecified atom stereocenters. The van der Waals surface area contributed by atoms with Gasteiger partial charge in [-0.15, -0.1) is 11.3 Å². The zero-order valence-corrected chi connectivity index (χ0v) is 10.8. The first-order valence-electron chi connectivity index (χ1n) is 2.81. The molecule has 0 aliphatic rings. The van der Waals surface area contributed by atoms with Gasteiger partial charge in [0.05, 0.1) is 0 Å². The van der Waals surface area contributed by atoms with Gasteiger partial charge in [0.2, 0.25) is 0 Å². The van der Waals surface area contributed by atoms with E-state index in [1.54, 1.807) is 0 Å². The highest BCUT2D eigenvalue weighted by molar-refractivity contribution is 8.15. The molecule has 0 aliphatic carbocycles. The summed E-state index contributed by atoms with van der Waals surface area (Å²) in [6, 6.07) is 0.817. The highest BCUT2D eigenvalue weighted by atomic mass is 35.7.